The van der Waals surface area contributed by atoms with Crippen LogP contribution in [0.15, 0.2) is 52.7 Å². The van der Waals surface area contributed by atoms with Gasteiger partial charge in [-0.1, -0.05) is 12.1 Å². The average Bonchev–Trinajstić information content (AvgIpc) is 3.05. The van der Waals surface area contributed by atoms with Gasteiger partial charge in [0, 0.05) is 18.3 Å². The molecule has 4 rings (SSSR count). The summed E-state index contributed by atoms with van der Waals surface area (Å²) in [5, 5.41) is 12.2. The molecule has 23 heavy (non-hydrogen) atoms. The number of aliphatic imine (C=N–C) groups is 2. The van der Waals surface area contributed by atoms with Crippen LogP contribution in [-0.2, 0) is 0 Å². The minimum atomic E-state index is -0.377. The SMILES string of the molecule is O=C(NC1=Nc2ccccc2C2=NCCN12)c1cncc(O)c1. The quantitative estimate of drug-likeness (QED) is 0.830. The lowest BCUT2D eigenvalue weighted by Gasteiger charge is -2.27. The molecular formula is C16H13N5O2. The maximum Gasteiger partial charge on any atom is 0.259 e. The maximum absolute atomic E-state index is 12.4. The van der Waals surface area contributed by atoms with Gasteiger partial charge in [0.2, 0.25) is 5.96 Å². The zero-order chi connectivity index (χ0) is 15.8. The van der Waals surface area contributed by atoms with Crippen molar-refractivity contribution in [2.45, 2.75) is 0 Å². The van der Waals surface area contributed by atoms with E-state index in [1.807, 2.05) is 29.2 Å². The fraction of sp³-hybridized carbons (Fsp3) is 0.125. The molecule has 2 aromatic rings. The third kappa shape index (κ3) is 2.32. The summed E-state index contributed by atoms with van der Waals surface area (Å²) in [4.78, 5) is 27.1. The molecule has 0 saturated carbocycles. The van der Waals surface area contributed by atoms with E-state index in [0.29, 0.717) is 19.0 Å². The van der Waals surface area contributed by atoms with Crippen LogP contribution in [0.5, 0.6) is 5.75 Å². The highest BCUT2D eigenvalue weighted by atomic mass is 16.3. The second kappa shape index (κ2) is 5.20. The van der Waals surface area contributed by atoms with Crippen molar-refractivity contribution in [3.05, 3.63) is 53.9 Å². The summed E-state index contributed by atoms with van der Waals surface area (Å²) in [5.74, 6) is 0.822. The highest BCUT2D eigenvalue weighted by Crippen LogP contribution is 2.27. The lowest BCUT2D eigenvalue weighted by atomic mass is 10.1. The van der Waals surface area contributed by atoms with Gasteiger partial charge in [-0.15, -0.1) is 0 Å². The molecule has 1 aromatic carbocycles. The molecular weight excluding hydrogens is 294 g/mol. The van der Waals surface area contributed by atoms with E-state index in [4.69, 9.17) is 0 Å². The highest BCUT2D eigenvalue weighted by Gasteiger charge is 2.30. The number of para-hydroxylation sites is 1. The lowest BCUT2D eigenvalue weighted by molar-refractivity contribution is 0.0973. The van der Waals surface area contributed by atoms with Crippen LogP contribution in [-0.4, -0.2) is 45.8 Å². The van der Waals surface area contributed by atoms with Crippen molar-refractivity contribution in [1.29, 1.82) is 0 Å². The maximum atomic E-state index is 12.4. The zero-order valence-corrected chi connectivity index (χ0v) is 12.1. The molecule has 0 aliphatic carbocycles. The van der Waals surface area contributed by atoms with Gasteiger partial charge in [-0.05, 0) is 18.2 Å². The van der Waals surface area contributed by atoms with Crippen LogP contribution < -0.4 is 5.32 Å². The Kier molecular flexibility index (Phi) is 3.04. The normalized spacial score (nSPS) is 15.4. The van der Waals surface area contributed by atoms with Gasteiger partial charge in [0.25, 0.3) is 5.91 Å². The van der Waals surface area contributed by atoms with E-state index in [0.717, 1.165) is 17.1 Å². The molecule has 2 aliphatic heterocycles. The van der Waals surface area contributed by atoms with E-state index in [1.165, 1.54) is 18.5 Å². The van der Waals surface area contributed by atoms with Gasteiger partial charge in [0.05, 0.1) is 24.0 Å². The molecule has 0 bridgehead atoms. The Morgan fingerprint density at radius 3 is 3.00 bits per heavy atom. The number of benzene rings is 1. The van der Waals surface area contributed by atoms with Crippen LogP contribution in [0.3, 0.4) is 0 Å². The molecule has 3 heterocycles. The first kappa shape index (κ1) is 13.4. The Morgan fingerprint density at radius 2 is 2.13 bits per heavy atom. The van der Waals surface area contributed by atoms with Crippen molar-refractivity contribution >= 4 is 23.4 Å². The minimum Gasteiger partial charge on any atom is -0.506 e. The van der Waals surface area contributed by atoms with Crippen molar-refractivity contribution in [3.8, 4) is 5.75 Å². The molecule has 0 unspecified atom stereocenters. The summed E-state index contributed by atoms with van der Waals surface area (Å²) < 4.78 is 0. The van der Waals surface area contributed by atoms with Crippen LogP contribution in [0, 0.1) is 0 Å². The first-order valence-corrected chi connectivity index (χ1v) is 7.18. The Hall–Kier alpha value is -3.22. The van der Waals surface area contributed by atoms with Gasteiger partial charge in [-0.3, -0.25) is 25.0 Å². The number of nitrogens with zero attached hydrogens (tertiary/aromatic N) is 4. The number of aromatic nitrogens is 1. The predicted octanol–water partition coefficient (Wildman–Crippen LogP) is 1.28. The lowest BCUT2D eigenvalue weighted by Crippen LogP contribution is -2.47. The van der Waals surface area contributed by atoms with Crippen LogP contribution in [0.2, 0.25) is 0 Å². The first-order chi connectivity index (χ1) is 11.2. The van der Waals surface area contributed by atoms with Crippen molar-refractivity contribution in [3.63, 3.8) is 0 Å². The number of pyridine rings is 1. The van der Waals surface area contributed by atoms with E-state index < -0.39 is 0 Å². The second-order valence-electron chi connectivity index (χ2n) is 5.20. The predicted molar refractivity (Wildman–Crippen MR) is 85.0 cm³/mol. The van der Waals surface area contributed by atoms with Gasteiger partial charge >= 0.3 is 0 Å². The summed E-state index contributed by atoms with van der Waals surface area (Å²) in [5.41, 5.74) is 2.00. The van der Waals surface area contributed by atoms with Crippen molar-refractivity contribution < 1.29 is 9.90 Å². The van der Waals surface area contributed by atoms with Crippen LogP contribution in [0.25, 0.3) is 0 Å². The fourth-order valence-electron chi connectivity index (χ4n) is 2.64. The van der Waals surface area contributed by atoms with E-state index >= 15 is 0 Å². The molecule has 0 spiro atoms. The third-order valence-electron chi connectivity index (χ3n) is 3.68. The number of carbonyl (C=O) groups excluding carboxylic acids is 1. The number of carbonyl (C=O) groups is 1. The molecule has 2 aliphatic rings. The zero-order valence-electron chi connectivity index (χ0n) is 12.1. The number of rotatable bonds is 1. The number of hydrogen-bond acceptors (Lipinski definition) is 6. The standard InChI is InChI=1S/C16H13N5O2/c22-11-7-10(8-17-9-11)15(23)20-16-19-13-4-2-1-3-12(13)14-18-5-6-21(14)16/h1-4,7-9,22H,5-6H2,(H,19,20,23). The molecule has 0 fully saturated rings. The van der Waals surface area contributed by atoms with Gasteiger partial charge in [0.1, 0.15) is 11.6 Å². The van der Waals surface area contributed by atoms with E-state index in [9.17, 15) is 9.90 Å². The average molecular weight is 307 g/mol. The number of amidine groups is 1. The third-order valence-corrected chi connectivity index (χ3v) is 3.68. The van der Waals surface area contributed by atoms with Crippen LogP contribution in [0.1, 0.15) is 15.9 Å². The molecule has 1 amide bonds. The number of aromatic hydroxyl groups is 1. The first-order valence-electron chi connectivity index (χ1n) is 7.18. The fourth-order valence-corrected chi connectivity index (χ4v) is 2.64. The Morgan fingerprint density at radius 1 is 1.26 bits per heavy atom. The molecule has 2 N–H and O–H groups in total. The van der Waals surface area contributed by atoms with Crippen molar-refractivity contribution in [2.75, 3.05) is 13.1 Å². The number of fused-ring (bicyclic) bond motifs is 3. The second-order valence-corrected chi connectivity index (χ2v) is 5.20. The Labute approximate surface area is 132 Å². The van der Waals surface area contributed by atoms with Gasteiger partial charge in [0.15, 0.2) is 0 Å². The van der Waals surface area contributed by atoms with Gasteiger partial charge < -0.3 is 5.11 Å². The van der Waals surface area contributed by atoms with E-state index in [-0.39, 0.29) is 17.2 Å². The number of nitrogens with one attached hydrogen (secondary N) is 1. The molecule has 7 heteroatoms. The molecule has 0 saturated heterocycles. The molecule has 0 radical (unpaired) electrons. The summed E-state index contributed by atoms with van der Waals surface area (Å²) in [7, 11) is 0. The molecule has 1 aromatic heterocycles. The van der Waals surface area contributed by atoms with E-state index in [1.54, 1.807) is 0 Å². The van der Waals surface area contributed by atoms with Gasteiger partial charge in [-0.2, -0.15) is 0 Å². The summed E-state index contributed by atoms with van der Waals surface area (Å²) in [6, 6.07) is 9.05. The van der Waals surface area contributed by atoms with Crippen molar-refractivity contribution in [2.24, 2.45) is 9.98 Å². The molecule has 114 valence electrons. The van der Waals surface area contributed by atoms with Crippen LogP contribution in [0.4, 0.5) is 5.69 Å². The molecule has 7 nitrogen and oxygen atoms in total. The largest absolute Gasteiger partial charge is 0.506 e. The Balaban J connectivity index is 1.68. The summed E-state index contributed by atoms with van der Waals surface area (Å²) in [6.45, 7) is 1.33. The number of amides is 1. The molecule has 0 atom stereocenters. The van der Waals surface area contributed by atoms with Crippen molar-refractivity contribution in [1.82, 2.24) is 15.2 Å². The summed E-state index contributed by atoms with van der Waals surface area (Å²) in [6.07, 6.45) is 2.67. The van der Waals surface area contributed by atoms with Gasteiger partial charge in [-0.25, -0.2) is 4.99 Å². The van der Waals surface area contributed by atoms with E-state index in [2.05, 4.69) is 20.3 Å². The highest BCUT2D eigenvalue weighted by molar-refractivity contribution is 6.19. The topological polar surface area (TPSA) is 90.2 Å². The van der Waals surface area contributed by atoms with Crippen LogP contribution >= 0.6 is 0 Å². The monoisotopic (exact) mass is 307 g/mol. The number of hydrogen-bond donors (Lipinski definition) is 2. The minimum absolute atomic E-state index is 0.0583. The Bertz CT molecular complexity index is 859. The summed E-state index contributed by atoms with van der Waals surface area (Å²) >= 11 is 0. The number of guanidine groups is 1. The smallest absolute Gasteiger partial charge is 0.259 e.